The van der Waals surface area contributed by atoms with Crippen molar-refractivity contribution in [1.29, 1.82) is 0 Å². The highest BCUT2D eigenvalue weighted by molar-refractivity contribution is 5.97. The lowest BCUT2D eigenvalue weighted by Gasteiger charge is -2.34. The Morgan fingerprint density at radius 3 is 2.07 bits per heavy atom. The number of pyridine rings is 1. The highest BCUT2D eigenvalue weighted by atomic mass is 19.4. The summed E-state index contributed by atoms with van der Waals surface area (Å²) in [7, 11) is 0. The molecule has 1 saturated heterocycles. The number of hydrogen-bond acceptors (Lipinski definition) is 3. The summed E-state index contributed by atoms with van der Waals surface area (Å²) in [6.45, 7) is 0.343. The summed E-state index contributed by atoms with van der Waals surface area (Å²) in [4.78, 5) is 28.0. The van der Waals surface area contributed by atoms with Crippen molar-refractivity contribution in [2.24, 2.45) is 5.73 Å². The van der Waals surface area contributed by atoms with Crippen LogP contribution in [0.3, 0.4) is 0 Å². The number of piperidine rings is 1. The van der Waals surface area contributed by atoms with Gasteiger partial charge in [0.1, 0.15) is 11.1 Å². The minimum absolute atomic E-state index is 0.140. The predicted molar refractivity (Wildman–Crippen MR) is 152 cm³/mol. The molecule has 2 aromatic carbocycles. The normalized spacial score (nSPS) is 17.2. The summed E-state index contributed by atoms with van der Waals surface area (Å²) in [5.41, 5.74) is 6.39. The zero-order chi connectivity index (χ0) is 32.1. The van der Waals surface area contributed by atoms with Crippen LogP contribution in [0.25, 0.3) is 11.1 Å². The van der Waals surface area contributed by atoms with Gasteiger partial charge in [0, 0.05) is 18.8 Å². The Morgan fingerprint density at radius 1 is 0.909 bits per heavy atom. The first-order chi connectivity index (χ1) is 20.8. The van der Waals surface area contributed by atoms with Crippen LogP contribution in [0.1, 0.15) is 67.3 Å². The number of halogens is 6. The molecule has 2 aliphatic rings. The number of carboxylic acids is 1. The average molecular weight is 622 g/mol. The van der Waals surface area contributed by atoms with Crippen LogP contribution in [0, 0.1) is 0 Å². The second-order valence-electron chi connectivity index (χ2n) is 11.0. The van der Waals surface area contributed by atoms with Crippen molar-refractivity contribution in [3.63, 3.8) is 0 Å². The largest absolute Gasteiger partial charge is 0.480 e. The van der Waals surface area contributed by atoms with Gasteiger partial charge in [0.25, 0.3) is 0 Å². The van der Waals surface area contributed by atoms with Crippen molar-refractivity contribution in [3.05, 3.63) is 89.2 Å². The van der Waals surface area contributed by atoms with E-state index in [0.29, 0.717) is 32.2 Å². The Morgan fingerprint density at radius 2 is 1.52 bits per heavy atom. The van der Waals surface area contributed by atoms with Gasteiger partial charge in [-0.1, -0.05) is 61.0 Å². The molecule has 1 fully saturated rings. The summed E-state index contributed by atoms with van der Waals surface area (Å²) in [5.74, 6) is -0.933. The number of carbonyl (C=O) groups excluding carboxylic acids is 1. The maximum Gasteiger partial charge on any atom is 0.433 e. The number of amides is 2. The van der Waals surface area contributed by atoms with Gasteiger partial charge >= 0.3 is 24.4 Å². The maximum atomic E-state index is 13.2. The number of carboxylic acid groups (broad SMARTS) is 1. The number of aromatic nitrogens is 1. The molecule has 0 radical (unpaired) electrons. The number of urea groups is 1. The number of fused-ring (bicyclic) bond motifs is 3. The van der Waals surface area contributed by atoms with E-state index >= 15 is 0 Å². The maximum absolute atomic E-state index is 13.2. The number of rotatable bonds is 7. The van der Waals surface area contributed by atoms with E-state index in [0.717, 1.165) is 46.2 Å². The lowest BCUT2D eigenvalue weighted by atomic mass is 9.74. The Hall–Kier alpha value is -4.09. The first kappa shape index (κ1) is 32.8. The molecule has 6 nitrogen and oxygen atoms in total. The number of aliphatic carboxylic acids is 1. The molecule has 44 heavy (non-hydrogen) atoms. The van der Waals surface area contributed by atoms with Crippen LogP contribution in [0.5, 0.6) is 0 Å². The van der Waals surface area contributed by atoms with Crippen molar-refractivity contribution in [1.82, 2.24) is 9.88 Å². The zero-order valence-electron chi connectivity index (χ0n) is 23.8. The number of aryl methyl sites for hydroxylation is 1. The van der Waals surface area contributed by atoms with Crippen molar-refractivity contribution < 1.29 is 41.0 Å². The molecular weight excluding hydrogens is 588 g/mol. The molecule has 0 spiro atoms. The Balaban J connectivity index is 0.000000265. The molecule has 12 heteroatoms. The molecule has 2 heterocycles. The van der Waals surface area contributed by atoms with E-state index in [1.54, 1.807) is 0 Å². The fourth-order valence-corrected chi connectivity index (χ4v) is 6.30. The van der Waals surface area contributed by atoms with E-state index in [4.69, 9.17) is 5.73 Å². The fourth-order valence-electron chi connectivity index (χ4n) is 6.30. The van der Waals surface area contributed by atoms with E-state index in [2.05, 4.69) is 4.98 Å². The third kappa shape index (κ3) is 7.16. The van der Waals surface area contributed by atoms with Crippen molar-refractivity contribution >= 4 is 12.0 Å². The quantitative estimate of drug-likeness (QED) is 0.208. The second kappa shape index (κ2) is 13.3. The highest BCUT2D eigenvalue weighted by Crippen LogP contribution is 2.51. The number of nitrogens with zero attached hydrogens (tertiary/aromatic N) is 2. The molecule has 3 N–H and O–H groups in total. The lowest BCUT2D eigenvalue weighted by molar-refractivity contribution is -0.147. The van der Waals surface area contributed by atoms with Gasteiger partial charge in [-0.25, -0.2) is 4.79 Å². The molecule has 0 bridgehead atoms. The average Bonchev–Trinajstić information content (AvgIpc) is 3.26. The molecule has 1 aromatic heterocycles. The van der Waals surface area contributed by atoms with Crippen LogP contribution in [-0.2, 0) is 22.8 Å². The Labute approximate surface area is 250 Å². The molecule has 5 rings (SSSR count). The van der Waals surface area contributed by atoms with Gasteiger partial charge in [-0.2, -0.15) is 26.3 Å². The fraction of sp³-hybridized carbons (Fsp3) is 0.406. The van der Waals surface area contributed by atoms with Gasteiger partial charge in [-0.3, -0.25) is 9.78 Å². The van der Waals surface area contributed by atoms with E-state index in [-0.39, 0.29) is 12.0 Å². The van der Waals surface area contributed by atoms with Crippen LogP contribution in [0.15, 0.2) is 66.9 Å². The molecule has 236 valence electrons. The molecular formula is C32H33F6N3O3. The first-order valence-electron chi connectivity index (χ1n) is 14.3. The molecule has 1 aliphatic heterocycles. The van der Waals surface area contributed by atoms with Crippen LogP contribution < -0.4 is 5.73 Å². The van der Waals surface area contributed by atoms with E-state index in [9.17, 15) is 41.0 Å². The molecule has 1 unspecified atom stereocenters. The predicted octanol–water partition coefficient (Wildman–Crippen LogP) is 7.74. The monoisotopic (exact) mass is 621 g/mol. The topological polar surface area (TPSA) is 96.5 Å². The number of nitrogens with two attached hydrogens (primary N) is 1. The SMILES string of the molecule is NC(=O)N1CCCCC1CC(F)(F)F.O=C(O)C1(CCCCc2cccnc2C(F)(F)F)c2ccccc2-c2ccccc21. The Kier molecular flexibility index (Phi) is 9.90. The van der Waals surface area contributed by atoms with Gasteiger partial charge in [-0.15, -0.1) is 0 Å². The minimum Gasteiger partial charge on any atom is -0.480 e. The summed E-state index contributed by atoms with van der Waals surface area (Å²) >= 11 is 0. The van der Waals surface area contributed by atoms with Crippen molar-refractivity contribution in [2.45, 2.75) is 75.2 Å². The van der Waals surface area contributed by atoms with Gasteiger partial charge in [0.2, 0.25) is 0 Å². The second-order valence-corrected chi connectivity index (χ2v) is 11.0. The van der Waals surface area contributed by atoms with Crippen molar-refractivity contribution in [2.75, 3.05) is 6.54 Å². The minimum atomic E-state index is -4.50. The summed E-state index contributed by atoms with van der Waals surface area (Å²) in [6, 6.07) is 16.4. The molecule has 1 atom stereocenters. The lowest BCUT2D eigenvalue weighted by Crippen LogP contribution is -2.48. The molecule has 2 amide bonds. The summed E-state index contributed by atoms with van der Waals surface area (Å²) in [6.07, 6.45) is -5.26. The van der Waals surface area contributed by atoms with Gasteiger partial charge < -0.3 is 15.7 Å². The first-order valence-corrected chi connectivity index (χ1v) is 14.3. The van der Waals surface area contributed by atoms with Crippen LogP contribution in [0.2, 0.25) is 0 Å². The third-order valence-corrected chi connectivity index (χ3v) is 8.21. The number of hydrogen-bond donors (Lipinski definition) is 2. The van der Waals surface area contributed by atoms with E-state index in [1.807, 2.05) is 48.5 Å². The zero-order valence-corrected chi connectivity index (χ0v) is 23.8. The number of likely N-dealkylation sites (tertiary alicyclic amines) is 1. The van der Waals surface area contributed by atoms with Gasteiger partial charge in [-0.05, 0) is 72.4 Å². The number of unbranched alkanes of at least 4 members (excludes halogenated alkanes) is 1. The molecule has 1 aliphatic carbocycles. The molecule has 0 saturated carbocycles. The van der Waals surface area contributed by atoms with Crippen molar-refractivity contribution in [3.8, 4) is 11.1 Å². The van der Waals surface area contributed by atoms with Gasteiger partial charge in [0.15, 0.2) is 0 Å². The van der Waals surface area contributed by atoms with Crippen LogP contribution in [-0.4, -0.2) is 45.8 Å². The standard InChI is InChI=1S/C24H20F3NO2.C8H13F3N2O/c25-24(26,27)21-16(9-7-15-28-21)8-5-6-14-23(22(29)30)19-12-3-1-10-17(19)18-11-2-4-13-20(18)23;9-8(10,11)5-6-3-1-2-4-13(6)7(12)14/h1-4,7,9-13,15H,5-6,8,14H2,(H,29,30);6H,1-5H2,(H2,12,14). The smallest absolute Gasteiger partial charge is 0.433 e. The highest BCUT2D eigenvalue weighted by Gasteiger charge is 2.48. The Bertz CT molecular complexity index is 1430. The van der Waals surface area contributed by atoms with E-state index < -0.39 is 47.9 Å². The van der Waals surface area contributed by atoms with Crippen LogP contribution >= 0.6 is 0 Å². The number of alkyl halides is 6. The van der Waals surface area contributed by atoms with Crippen LogP contribution in [0.4, 0.5) is 31.1 Å². The summed E-state index contributed by atoms with van der Waals surface area (Å²) < 4.78 is 75.8. The van der Waals surface area contributed by atoms with E-state index in [1.165, 1.54) is 12.1 Å². The van der Waals surface area contributed by atoms with Gasteiger partial charge in [0.05, 0.1) is 6.42 Å². The third-order valence-electron chi connectivity index (χ3n) is 8.21. The number of carbonyl (C=O) groups is 2. The number of benzene rings is 2. The summed E-state index contributed by atoms with van der Waals surface area (Å²) in [5, 5.41) is 10.3. The number of primary amides is 1. The molecule has 3 aromatic rings.